The predicted molar refractivity (Wildman–Crippen MR) is 70.9 cm³/mol. The standard InChI is InChI=1S/C14H20N2O2/c1-5-10-6-8-11(9-7-10)12(17)15-16-13(18)14(2,3)4/h6-9H,5H2,1-4H3,(H,15,17)(H,16,18). The molecule has 0 fully saturated rings. The van der Waals surface area contributed by atoms with Crippen LogP contribution >= 0.6 is 0 Å². The van der Waals surface area contributed by atoms with Crippen molar-refractivity contribution in [2.75, 3.05) is 0 Å². The van der Waals surface area contributed by atoms with Gasteiger partial charge in [0.25, 0.3) is 5.91 Å². The summed E-state index contributed by atoms with van der Waals surface area (Å²) in [7, 11) is 0. The van der Waals surface area contributed by atoms with Crippen molar-refractivity contribution < 1.29 is 9.59 Å². The van der Waals surface area contributed by atoms with E-state index in [0.717, 1.165) is 6.42 Å². The molecule has 0 bridgehead atoms. The third kappa shape index (κ3) is 3.87. The van der Waals surface area contributed by atoms with Crippen LogP contribution in [0.25, 0.3) is 0 Å². The van der Waals surface area contributed by atoms with Gasteiger partial charge in [0.15, 0.2) is 0 Å². The Labute approximate surface area is 108 Å². The van der Waals surface area contributed by atoms with Gasteiger partial charge in [0.2, 0.25) is 5.91 Å². The van der Waals surface area contributed by atoms with Crippen molar-refractivity contribution in [2.45, 2.75) is 34.1 Å². The summed E-state index contributed by atoms with van der Waals surface area (Å²) in [5, 5.41) is 0. The van der Waals surface area contributed by atoms with Crippen LogP contribution in [0, 0.1) is 5.41 Å². The molecule has 4 nitrogen and oxygen atoms in total. The molecule has 1 rings (SSSR count). The van der Waals surface area contributed by atoms with E-state index in [1.165, 1.54) is 5.56 Å². The lowest BCUT2D eigenvalue weighted by atomic mass is 9.96. The number of aryl methyl sites for hydroxylation is 1. The Balaban J connectivity index is 2.58. The fourth-order valence-corrected chi connectivity index (χ4v) is 1.27. The van der Waals surface area contributed by atoms with Gasteiger partial charge in [0, 0.05) is 11.0 Å². The Morgan fingerprint density at radius 2 is 1.61 bits per heavy atom. The Bertz CT molecular complexity index is 430. The Morgan fingerprint density at radius 1 is 1.06 bits per heavy atom. The number of amides is 2. The lowest BCUT2D eigenvalue weighted by Gasteiger charge is -2.17. The number of hydrazine groups is 1. The van der Waals surface area contributed by atoms with Gasteiger partial charge < -0.3 is 0 Å². The summed E-state index contributed by atoms with van der Waals surface area (Å²) in [6, 6.07) is 7.30. The molecule has 0 saturated heterocycles. The van der Waals surface area contributed by atoms with Crippen LogP contribution in [0.4, 0.5) is 0 Å². The molecule has 0 unspecified atom stereocenters. The normalized spacial score (nSPS) is 10.9. The number of carbonyl (C=O) groups is 2. The lowest BCUT2D eigenvalue weighted by Crippen LogP contribution is -2.46. The van der Waals surface area contributed by atoms with Crippen molar-refractivity contribution in [1.82, 2.24) is 10.9 Å². The smallest absolute Gasteiger partial charge is 0.269 e. The van der Waals surface area contributed by atoms with Crippen LogP contribution in [0.2, 0.25) is 0 Å². The monoisotopic (exact) mass is 248 g/mol. The molecular formula is C14H20N2O2. The molecule has 0 spiro atoms. The molecule has 0 atom stereocenters. The third-order valence-corrected chi connectivity index (χ3v) is 2.60. The first kappa shape index (κ1) is 14.2. The van der Waals surface area contributed by atoms with Gasteiger partial charge in [-0.3, -0.25) is 20.4 Å². The number of hydrogen-bond donors (Lipinski definition) is 2. The molecule has 0 aliphatic rings. The maximum absolute atomic E-state index is 11.7. The van der Waals surface area contributed by atoms with Gasteiger partial charge in [0.1, 0.15) is 0 Å². The van der Waals surface area contributed by atoms with Gasteiger partial charge in [-0.2, -0.15) is 0 Å². The number of hydrogen-bond acceptors (Lipinski definition) is 2. The second kappa shape index (κ2) is 5.67. The molecule has 0 aliphatic carbocycles. The van der Waals surface area contributed by atoms with E-state index in [1.807, 2.05) is 12.1 Å². The zero-order valence-corrected chi connectivity index (χ0v) is 11.3. The van der Waals surface area contributed by atoms with Crippen molar-refractivity contribution in [3.8, 4) is 0 Å². The molecule has 0 aromatic heterocycles. The molecular weight excluding hydrogens is 228 g/mol. The van der Waals surface area contributed by atoms with Crippen LogP contribution in [0.5, 0.6) is 0 Å². The minimum absolute atomic E-state index is 0.221. The van der Waals surface area contributed by atoms with E-state index in [4.69, 9.17) is 0 Å². The molecule has 1 aromatic rings. The second-order valence-electron chi connectivity index (χ2n) is 5.21. The van der Waals surface area contributed by atoms with Crippen LogP contribution in [-0.2, 0) is 11.2 Å². The molecule has 0 aliphatic heterocycles. The molecule has 4 heteroatoms. The molecule has 2 amide bonds. The van der Waals surface area contributed by atoms with Crippen LogP contribution < -0.4 is 10.9 Å². The first-order valence-corrected chi connectivity index (χ1v) is 6.04. The van der Waals surface area contributed by atoms with E-state index in [-0.39, 0.29) is 11.8 Å². The molecule has 1 aromatic carbocycles. The number of nitrogens with one attached hydrogen (secondary N) is 2. The average Bonchev–Trinajstić information content (AvgIpc) is 2.34. The summed E-state index contributed by atoms with van der Waals surface area (Å²) in [6.45, 7) is 7.40. The fourth-order valence-electron chi connectivity index (χ4n) is 1.27. The summed E-state index contributed by atoms with van der Waals surface area (Å²) in [4.78, 5) is 23.3. The maximum atomic E-state index is 11.7. The van der Waals surface area contributed by atoms with Gasteiger partial charge in [-0.05, 0) is 24.1 Å². The van der Waals surface area contributed by atoms with Crippen LogP contribution in [0.1, 0.15) is 43.6 Å². The van der Waals surface area contributed by atoms with Gasteiger partial charge in [-0.1, -0.05) is 39.8 Å². The van der Waals surface area contributed by atoms with E-state index < -0.39 is 5.41 Å². The second-order valence-corrected chi connectivity index (χ2v) is 5.21. The molecule has 2 N–H and O–H groups in total. The summed E-state index contributed by atoms with van der Waals surface area (Å²) in [5.41, 5.74) is 5.99. The quantitative estimate of drug-likeness (QED) is 0.787. The minimum atomic E-state index is -0.528. The van der Waals surface area contributed by atoms with Crippen molar-refractivity contribution in [3.05, 3.63) is 35.4 Å². The van der Waals surface area contributed by atoms with E-state index in [0.29, 0.717) is 5.56 Å². The third-order valence-electron chi connectivity index (χ3n) is 2.60. The Kier molecular flexibility index (Phi) is 4.48. The highest BCUT2D eigenvalue weighted by Crippen LogP contribution is 2.11. The van der Waals surface area contributed by atoms with Crippen LogP contribution in [-0.4, -0.2) is 11.8 Å². The zero-order chi connectivity index (χ0) is 13.8. The van der Waals surface area contributed by atoms with Gasteiger partial charge in [0.05, 0.1) is 0 Å². The molecule has 18 heavy (non-hydrogen) atoms. The van der Waals surface area contributed by atoms with Crippen LogP contribution in [0.3, 0.4) is 0 Å². The summed E-state index contributed by atoms with van der Waals surface area (Å²) < 4.78 is 0. The molecule has 0 radical (unpaired) electrons. The maximum Gasteiger partial charge on any atom is 0.269 e. The largest absolute Gasteiger partial charge is 0.273 e. The Morgan fingerprint density at radius 3 is 2.06 bits per heavy atom. The topological polar surface area (TPSA) is 58.2 Å². The van der Waals surface area contributed by atoms with Gasteiger partial charge >= 0.3 is 0 Å². The number of benzene rings is 1. The van der Waals surface area contributed by atoms with E-state index in [9.17, 15) is 9.59 Å². The summed E-state index contributed by atoms with van der Waals surface area (Å²) in [5.74, 6) is -0.531. The highest BCUT2D eigenvalue weighted by Gasteiger charge is 2.21. The number of carbonyl (C=O) groups excluding carboxylic acids is 2. The lowest BCUT2D eigenvalue weighted by molar-refractivity contribution is -0.129. The minimum Gasteiger partial charge on any atom is -0.273 e. The molecule has 0 heterocycles. The van der Waals surface area contributed by atoms with Gasteiger partial charge in [-0.25, -0.2) is 0 Å². The van der Waals surface area contributed by atoms with E-state index >= 15 is 0 Å². The average molecular weight is 248 g/mol. The SMILES string of the molecule is CCc1ccc(C(=O)NNC(=O)C(C)(C)C)cc1. The van der Waals surface area contributed by atoms with E-state index in [2.05, 4.69) is 17.8 Å². The fraction of sp³-hybridized carbons (Fsp3) is 0.429. The van der Waals surface area contributed by atoms with Crippen molar-refractivity contribution >= 4 is 11.8 Å². The highest BCUT2D eigenvalue weighted by atomic mass is 16.2. The van der Waals surface area contributed by atoms with Gasteiger partial charge in [-0.15, -0.1) is 0 Å². The van der Waals surface area contributed by atoms with Crippen LogP contribution in [0.15, 0.2) is 24.3 Å². The van der Waals surface area contributed by atoms with E-state index in [1.54, 1.807) is 32.9 Å². The number of rotatable bonds is 2. The van der Waals surface area contributed by atoms with Crippen molar-refractivity contribution in [3.63, 3.8) is 0 Å². The zero-order valence-electron chi connectivity index (χ0n) is 11.3. The highest BCUT2D eigenvalue weighted by molar-refractivity contribution is 5.95. The summed E-state index contributed by atoms with van der Waals surface area (Å²) >= 11 is 0. The first-order valence-electron chi connectivity index (χ1n) is 6.04. The molecule has 98 valence electrons. The Hall–Kier alpha value is -1.84. The van der Waals surface area contributed by atoms with Crippen molar-refractivity contribution in [2.24, 2.45) is 5.41 Å². The molecule has 0 saturated carbocycles. The summed E-state index contributed by atoms with van der Waals surface area (Å²) in [6.07, 6.45) is 0.933. The first-order chi connectivity index (χ1) is 8.34. The predicted octanol–water partition coefficient (Wildman–Crippen LogP) is 2.06. The van der Waals surface area contributed by atoms with Crippen molar-refractivity contribution in [1.29, 1.82) is 0 Å².